The molecule has 0 radical (unpaired) electrons. The molecule has 1 N–H and O–H groups in total. The minimum atomic E-state index is -4.55. The number of anilines is 1. The molecule has 0 aromatic heterocycles. The first-order valence-corrected chi connectivity index (χ1v) is 8.76. The van der Waals surface area contributed by atoms with E-state index in [1.54, 1.807) is 13.8 Å². The molecule has 1 atom stereocenters. The molecule has 8 heteroatoms. The summed E-state index contributed by atoms with van der Waals surface area (Å²) in [4.78, 5) is 26.5. The summed E-state index contributed by atoms with van der Waals surface area (Å²) >= 11 is 0. The van der Waals surface area contributed by atoms with Gasteiger partial charge in [0, 0.05) is 11.6 Å². The van der Waals surface area contributed by atoms with Gasteiger partial charge in [-0.25, -0.2) is 4.39 Å². The van der Waals surface area contributed by atoms with E-state index in [1.807, 2.05) is 0 Å². The predicted octanol–water partition coefficient (Wildman–Crippen LogP) is 4.97. The molecule has 29 heavy (non-hydrogen) atoms. The van der Waals surface area contributed by atoms with Crippen molar-refractivity contribution in [3.63, 3.8) is 0 Å². The Morgan fingerprint density at radius 2 is 1.59 bits per heavy atom. The summed E-state index contributed by atoms with van der Waals surface area (Å²) < 4.78 is 52.0. The number of carbonyl (C=O) groups is 2. The minimum Gasteiger partial charge on any atom is -0.503 e. The van der Waals surface area contributed by atoms with Crippen LogP contribution in [-0.2, 0) is 15.8 Å². The van der Waals surface area contributed by atoms with Gasteiger partial charge < -0.3 is 5.11 Å². The van der Waals surface area contributed by atoms with Crippen LogP contribution in [0.3, 0.4) is 0 Å². The number of carbonyl (C=O) groups excluding carboxylic acids is 2. The zero-order valence-corrected chi connectivity index (χ0v) is 15.5. The molecule has 2 aromatic rings. The highest BCUT2D eigenvalue weighted by Crippen LogP contribution is 2.42. The Morgan fingerprint density at radius 3 is 2.07 bits per heavy atom. The third-order valence-corrected chi connectivity index (χ3v) is 4.66. The van der Waals surface area contributed by atoms with Gasteiger partial charge in [-0.1, -0.05) is 26.0 Å². The summed E-state index contributed by atoms with van der Waals surface area (Å²) in [5, 5.41) is 10.4. The van der Waals surface area contributed by atoms with Gasteiger partial charge >= 0.3 is 6.18 Å². The van der Waals surface area contributed by atoms with E-state index < -0.39 is 47.0 Å². The topological polar surface area (TPSA) is 57.6 Å². The van der Waals surface area contributed by atoms with Crippen molar-refractivity contribution in [1.82, 2.24) is 0 Å². The first-order chi connectivity index (χ1) is 13.5. The van der Waals surface area contributed by atoms with Gasteiger partial charge in [0.15, 0.2) is 11.5 Å². The molecule has 4 nitrogen and oxygen atoms in total. The number of hydrogen-bond acceptors (Lipinski definition) is 3. The van der Waals surface area contributed by atoms with Gasteiger partial charge in [-0.3, -0.25) is 14.5 Å². The smallest absolute Gasteiger partial charge is 0.416 e. The third kappa shape index (κ3) is 3.74. The van der Waals surface area contributed by atoms with Gasteiger partial charge in [-0.15, -0.1) is 0 Å². The normalized spacial score (nSPS) is 17.4. The molecule has 0 aliphatic carbocycles. The molecule has 0 fully saturated rings. The Balaban J connectivity index is 2.13. The Hall–Kier alpha value is -3.16. The van der Waals surface area contributed by atoms with Crippen molar-refractivity contribution in [3.8, 4) is 0 Å². The van der Waals surface area contributed by atoms with E-state index in [4.69, 9.17) is 0 Å². The van der Waals surface area contributed by atoms with Crippen LogP contribution in [0.25, 0.3) is 0 Å². The summed E-state index contributed by atoms with van der Waals surface area (Å²) in [6.45, 7) is 3.19. The van der Waals surface area contributed by atoms with Crippen molar-refractivity contribution in [2.45, 2.75) is 26.1 Å². The highest BCUT2D eigenvalue weighted by atomic mass is 19.4. The van der Waals surface area contributed by atoms with Crippen LogP contribution in [0.1, 0.15) is 31.0 Å². The van der Waals surface area contributed by atoms with E-state index in [-0.39, 0.29) is 11.3 Å². The van der Waals surface area contributed by atoms with E-state index in [9.17, 15) is 32.3 Å². The summed E-state index contributed by atoms with van der Waals surface area (Å²) in [5.41, 5.74) is -0.665. The maximum Gasteiger partial charge on any atom is 0.416 e. The highest BCUT2D eigenvalue weighted by Gasteiger charge is 2.45. The number of rotatable bonds is 4. The first-order valence-electron chi connectivity index (χ1n) is 8.76. The van der Waals surface area contributed by atoms with E-state index in [2.05, 4.69) is 0 Å². The Kier molecular flexibility index (Phi) is 5.21. The quantitative estimate of drug-likeness (QED) is 0.728. The molecule has 1 amide bonds. The average molecular weight is 407 g/mol. The lowest BCUT2D eigenvalue weighted by Gasteiger charge is -2.27. The van der Waals surface area contributed by atoms with Gasteiger partial charge in [-0.05, 0) is 42.0 Å². The largest absolute Gasteiger partial charge is 0.503 e. The maximum atomic E-state index is 13.4. The van der Waals surface area contributed by atoms with Crippen LogP contribution in [0.5, 0.6) is 0 Å². The number of amides is 1. The monoisotopic (exact) mass is 407 g/mol. The van der Waals surface area contributed by atoms with Crippen LogP contribution in [0, 0.1) is 11.7 Å². The number of nitrogens with zero attached hydrogens (tertiary/aromatic N) is 1. The number of ketones is 1. The lowest BCUT2D eigenvalue weighted by atomic mass is 9.91. The summed E-state index contributed by atoms with van der Waals surface area (Å²) in [5.74, 6) is -3.25. The van der Waals surface area contributed by atoms with Crippen LogP contribution in [0.4, 0.5) is 23.2 Å². The molecule has 152 valence electrons. The molecule has 1 aliphatic heterocycles. The van der Waals surface area contributed by atoms with Crippen LogP contribution in [0.15, 0.2) is 59.9 Å². The van der Waals surface area contributed by atoms with Crippen molar-refractivity contribution in [1.29, 1.82) is 0 Å². The van der Waals surface area contributed by atoms with Crippen molar-refractivity contribution in [2.24, 2.45) is 5.92 Å². The van der Waals surface area contributed by atoms with E-state index in [0.29, 0.717) is 5.56 Å². The molecule has 0 saturated carbocycles. The van der Waals surface area contributed by atoms with Gasteiger partial charge in [0.05, 0.1) is 17.2 Å². The van der Waals surface area contributed by atoms with E-state index >= 15 is 0 Å². The second-order valence-corrected chi connectivity index (χ2v) is 6.96. The average Bonchev–Trinajstić information content (AvgIpc) is 2.92. The Bertz CT molecular complexity index is 976. The number of Topliss-reactive ketones (excluding diaryl/α,β-unsaturated/α-hetero) is 1. The molecule has 0 bridgehead atoms. The molecular weight excluding hydrogens is 390 g/mol. The summed E-state index contributed by atoms with van der Waals surface area (Å²) in [7, 11) is 0. The number of hydrogen-bond donors (Lipinski definition) is 1. The van der Waals surface area contributed by atoms with Crippen molar-refractivity contribution < 1.29 is 32.3 Å². The zero-order chi connectivity index (χ0) is 21.5. The van der Waals surface area contributed by atoms with Gasteiger partial charge in [0.1, 0.15) is 5.82 Å². The van der Waals surface area contributed by atoms with Gasteiger partial charge in [0.2, 0.25) is 0 Å². The van der Waals surface area contributed by atoms with E-state index in [1.165, 1.54) is 12.1 Å². The zero-order valence-electron chi connectivity index (χ0n) is 15.5. The van der Waals surface area contributed by atoms with Gasteiger partial charge in [0.25, 0.3) is 5.91 Å². The fraction of sp³-hybridized carbons (Fsp3) is 0.238. The number of benzene rings is 2. The molecule has 1 aliphatic rings. The Morgan fingerprint density at radius 1 is 1.03 bits per heavy atom. The third-order valence-electron chi connectivity index (χ3n) is 4.66. The molecule has 1 heterocycles. The fourth-order valence-corrected chi connectivity index (χ4v) is 3.21. The predicted molar refractivity (Wildman–Crippen MR) is 97.6 cm³/mol. The Labute approximate surface area is 164 Å². The highest BCUT2D eigenvalue weighted by molar-refractivity contribution is 6.16. The molecule has 2 aromatic carbocycles. The molecule has 3 rings (SSSR count). The number of aliphatic hydroxyl groups excluding tert-OH is 1. The standard InChI is InChI=1S/C21H17F4NO3/c1-11(2)18(27)16-17(12-3-7-14(22)8-4-12)26(20(29)19(16)28)15-9-5-13(6-10-15)21(23,24)25/h3-11,17,28H,1-2H3. The lowest BCUT2D eigenvalue weighted by Crippen LogP contribution is -2.31. The maximum absolute atomic E-state index is 13.4. The molecule has 0 spiro atoms. The number of halogens is 4. The minimum absolute atomic E-state index is 0.0652. The van der Waals surface area contributed by atoms with Crippen LogP contribution >= 0.6 is 0 Å². The molecular formula is C21H17F4NO3. The van der Waals surface area contributed by atoms with E-state index in [0.717, 1.165) is 41.3 Å². The SMILES string of the molecule is CC(C)C(=O)C1=C(O)C(=O)N(c2ccc(C(F)(F)F)cc2)C1c1ccc(F)cc1. The number of aliphatic hydroxyl groups is 1. The second-order valence-electron chi connectivity index (χ2n) is 6.96. The summed E-state index contributed by atoms with van der Waals surface area (Å²) in [6.07, 6.45) is -4.55. The second kappa shape index (κ2) is 7.35. The fourth-order valence-electron chi connectivity index (χ4n) is 3.21. The lowest BCUT2D eigenvalue weighted by molar-refractivity contribution is -0.137. The van der Waals surface area contributed by atoms with Crippen LogP contribution in [-0.4, -0.2) is 16.8 Å². The van der Waals surface area contributed by atoms with Crippen LogP contribution in [0.2, 0.25) is 0 Å². The molecule has 1 unspecified atom stereocenters. The van der Waals surface area contributed by atoms with Crippen molar-refractivity contribution in [2.75, 3.05) is 4.90 Å². The van der Waals surface area contributed by atoms with Crippen molar-refractivity contribution >= 4 is 17.4 Å². The van der Waals surface area contributed by atoms with Gasteiger partial charge in [-0.2, -0.15) is 13.2 Å². The molecule has 0 saturated heterocycles. The van der Waals surface area contributed by atoms with Crippen molar-refractivity contribution in [3.05, 3.63) is 76.8 Å². The summed E-state index contributed by atoms with van der Waals surface area (Å²) in [6, 6.07) is 7.70. The number of alkyl halides is 3. The first kappa shape index (κ1) is 20.6. The van der Waals surface area contributed by atoms with Crippen LogP contribution < -0.4 is 4.90 Å².